The highest BCUT2D eigenvalue weighted by Crippen LogP contribution is 2.44. The van der Waals surface area contributed by atoms with Gasteiger partial charge < -0.3 is 5.32 Å². The molecule has 1 aliphatic heterocycles. The van der Waals surface area contributed by atoms with Crippen molar-refractivity contribution in [1.29, 1.82) is 0 Å². The molecule has 8 heteroatoms. The molecule has 0 saturated heterocycles. The molecule has 0 spiro atoms. The Morgan fingerprint density at radius 1 is 1.17 bits per heavy atom. The van der Waals surface area contributed by atoms with Crippen molar-refractivity contribution in [3.63, 3.8) is 0 Å². The van der Waals surface area contributed by atoms with Gasteiger partial charge in [-0.15, -0.1) is 0 Å². The SMILES string of the molecule is Cn1cc2c(n1)NC(=O)CCCn1cc(c(C3CC3)n1)C1=CCc3ncc-2nc31. The highest BCUT2D eigenvalue weighted by atomic mass is 16.1. The number of amides is 1. The lowest BCUT2D eigenvalue weighted by molar-refractivity contribution is -0.116. The van der Waals surface area contributed by atoms with Crippen molar-refractivity contribution in [3.8, 4) is 11.3 Å². The van der Waals surface area contributed by atoms with E-state index < -0.39 is 0 Å². The first-order valence-electron chi connectivity index (χ1n) is 10.1. The van der Waals surface area contributed by atoms with Gasteiger partial charge >= 0.3 is 0 Å². The van der Waals surface area contributed by atoms with Gasteiger partial charge in [-0.25, -0.2) is 4.98 Å². The van der Waals surface area contributed by atoms with Gasteiger partial charge in [-0.3, -0.25) is 19.1 Å². The number of rotatable bonds is 1. The summed E-state index contributed by atoms with van der Waals surface area (Å²) in [5, 5.41) is 12.2. The molecular formula is C21H21N7O. The van der Waals surface area contributed by atoms with E-state index >= 15 is 0 Å². The molecule has 8 nitrogen and oxygen atoms in total. The Kier molecular flexibility index (Phi) is 3.50. The first-order valence-corrected chi connectivity index (χ1v) is 10.1. The number of carbonyl (C=O) groups is 1. The summed E-state index contributed by atoms with van der Waals surface area (Å²) in [7, 11) is 1.84. The third-order valence-corrected chi connectivity index (χ3v) is 5.80. The Bertz CT molecular complexity index is 1180. The molecule has 6 rings (SSSR count). The summed E-state index contributed by atoms with van der Waals surface area (Å²) in [5.74, 6) is 1.02. The number of hydrogen-bond donors (Lipinski definition) is 1. The average Bonchev–Trinajstić information content (AvgIpc) is 3.16. The van der Waals surface area contributed by atoms with Crippen LogP contribution in [0.4, 0.5) is 5.82 Å². The smallest absolute Gasteiger partial charge is 0.225 e. The summed E-state index contributed by atoms with van der Waals surface area (Å²) in [6, 6.07) is 0. The van der Waals surface area contributed by atoms with Gasteiger partial charge in [0.1, 0.15) is 0 Å². The highest BCUT2D eigenvalue weighted by molar-refractivity contribution is 5.93. The second-order valence-electron chi connectivity index (χ2n) is 8.05. The fraction of sp³-hybridized carbons (Fsp3) is 0.381. The number of allylic oxidation sites excluding steroid dienone is 1. The van der Waals surface area contributed by atoms with Crippen molar-refractivity contribution in [2.45, 2.75) is 44.6 Å². The van der Waals surface area contributed by atoms with E-state index in [1.165, 1.54) is 18.4 Å². The zero-order valence-electron chi connectivity index (χ0n) is 16.2. The predicted molar refractivity (Wildman–Crippen MR) is 107 cm³/mol. The van der Waals surface area contributed by atoms with E-state index in [0.717, 1.165) is 46.8 Å². The molecule has 3 aromatic rings. The van der Waals surface area contributed by atoms with Gasteiger partial charge in [0, 0.05) is 55.9 Å². The van der Waals surface area contributed by atoms with Crippen molar-refractivity contribution in [2.24, 2.45) is 7.05 Å². The molecule has 0 radical (unpaired) electrons. The van der Waals surface area contributed by atoms with Crippen molar-refractivity contribution in [2.75, 3.05) is 5.32 Å². The molecule has 0 atom stereocenters. The van der Waals surface area contributed by atoms with E-state index in [1.54, 1.807) is 10.9 Å². The monoisotopic (exact) mass is 387 g/mol. The van der Waals surface area contributed by atoms with Gasteiger partial charge in [0.05, 0.1) is 34.5 Å². The maximum Gasteiger partial charge on any atom is 0.225 e. The van der Waals surface area contributed by atoms with Gasteiger partial charge in [-0.05, 0) is 19.3 Å². The van der Waals surface area contributed by atoms with Crippen molar-refractivity contribution < 1.29 is 4.79 Å². The van der Waals surface area contributed by atoms with E-state index in [4.69, 9.17) is 10.1 Å². The van der Waals surface area contributed by atoms with Crippen molar-refractivity contribution in [1.82, 2.24) is 29.5 Å². The number of aromatic nitrogens is 6. The Balaban J connectivity index is 1.54. The number of hydrogen-bond acceptors (Lipinski definition) is 5. The van der Waals surface area contributed by atoms with E-state index in [2.05, 4.69) is 27.7 Å². The summed E-state index contributed by atoms with van der Waals surface area (Å²) >= 11 is 0. The van der Waals surface area contributed by atoms with Crippen molar-refractivity contribution >= 4 is 17.3 Å². The quantitative estimate of drug-likeness (QED) is 0.693. The molecule has 3 aromatic heterocycles. The number of nitrogens with zero attached hydrogens (tertiary/aromatic N) is 6. The van der Waals surface area contributed by atoms with Crippen LogP contribution in [0.15, 0.2) is 24.7 Å². The molecule has 0 aromatic carbocycles. The number of nitrogens with one attached hydrogen (secondary N) is 1. The third-order valence-electron chi connectivity index (χ3n) is 5.80. The average molecular weight is 387 g/mol. The lowest BCUT2D eigenvalue weighted by Gasteiger charge is -2.09. The minimum atomic E-state index is -0.0495. The molecule has 0 unspecified atom stereocenters. The first-order chi connectivity index (χ1) is 14.2. The van der Waals surface area contributed by atoms with Crippen LogP contribution < -0.4 is 5.32 Å². The van der Waals surface area contributed by atoms with Crippen LogP contribution in [0.2, 0.25) is 0 Å². The second-order valence-corrected chi connectivity index (χ2v) is 8.05. The maximum atomic E-state index is 12.5. The first kappa shape index (κ1) is 16.6. The Labute approximate surface area is 167 Å². The van der Waals surface area contributed by atoms with E-state index in [1.807, 2.05) is 17.9 Å². The minimum Gasteiger partial charge on any atom is -0.309 e. The van der Waals surface area contributed by atoms with E-state index in [9.17, 15) is 4.79 Å². The summed E-state index contributed by atoms with van der Waals surface area (Å²) in [5.41, 5.74) is 6.88. The molecule has 1 fully saturated rings. The van der Waals surface area contributed by atoms with Gasteiger partial charge in [-0.1, -0.05) is 6.08 Å². The van der Waals surface area contributed by atoms with Gasteiger partial charge in [-0.2, -0.15) is 10.2 Å². The topological polar surface area (TPSA) is 90.5 Å². The molecule has 4 heterocycles. The van der Waals surface area contributed by atoms with Gasteiger partial charge in [0.2, 0.25) is 5.91 Å². The van der Waals surface area contributed by atoms with Crippen LogP contribution in [-0.2, 0) is 24.8 Å². The second kappa shape index (κ2) is 6.10. The van der Waals surface area contributed by atoms with Crippen LogP contribution in [-0.4, -0.2) is 35.4 Å². The molecule has 4 bridgehead atoms. The molecule has 3 aliphatic rings. The number of carbonyl (C=O) groups excluding carboxylic acids is 1. The van der Waals surface area contributed by atoms with Crippen molar-refractivity contribution in [3.05, 3.63) is 47.3 Å². The van der Waals surface area contributed by atoms with Crippen LogP contribution >= 0.6 is 0 Å². The molecule has 1 saturated carbocycles. The Hall–Kier alpha value is -3.29. The molecule has 1 N–H and O–H groups in total. The molecule has 2 aliphatic carbocycles. The molecular weight excluding hydrogens is 366 g/mol. The van der Waals surface area contributed by atoms with Crippen LogP contribution in [0.1, 0.15) is 54.2 Å². The van der Waals surface area contributed by atoms with Gasteiger partial charge in [0.15, 0.2) is 5.82 Å². The fourth-order valence-corrected chi connectivity index (χ4v) is 4.22. The Morgan fingerprint density at radius 3 is 2.93 bits per heavy atom. The number of anilines is 1. The molecule has 146 valence electrons. The van der Waals surface area contributed by atoms with Crippen LogP contribution in [0.3, 0.4) is 0 Å². The Morgan fingerprint density at radius 2 is 2.07 bits per heavy atom. The summed E-state index contributed by atoms with van der Waals surface area (Å²) in [6.07, 6.45) is 12.3. The van der Waals surface area contributed by atoms with Crippen LogP contribution in [0, 0.1) is 0 Å². The fourth-order valence-electron chi connectivity index (χ4n) is 4.22. The van der Waals surface area contributed by atoms with Crippen LogP contribution in [0.5, 0.6) is 0 Å². The highest BCUT2D eigenvalue weighted by Gasteiger charge is 2.33. The summed E-state index contributed by atoms with van der Waals surface area (Å²) in [6.45, 7) is 0.716. The van der Waals surface area contributed by atoms with Crippen LogP contribution in [0.25, 0.3) is 16.8 Å². The standard InChI is InChI=1S/C21H21N7O/c1-27-10-15-17-9-22-16-7-6-13(20(16)23-17)14-11-28(25-19(14)12-4-5-12)8-2-3-18(29)24-21(15)26-27/h6,9-12H,2-5,7-8H2,1H3,(H,24,26,29). The molecule has 1 amide bonds. The van der Waals surface area contributed by atoms with E-state index in [0.29, 0.717) is 24.7 Å². The van der Waals surface area contributed by atoms with Gasteiger partial charge in [0.25, 0.3) is 0 Å². The number of fused-ring (bicyclic) bond motifs is 6. The maximum absolute atomic E-state index is 12.5. The third kappa shape index (κ3) is 2.78. The zero-order chi connectivity index (χ0) is 19.5. The summed E-state index contributed by atoms with van der Waals surface area (Å²) in [4.78, 5) is 22.1. The minimum absolute atomic E-state index is 0.0495. The lowest BCUT2D eigenvalue weighted by Crippen LogP contribution is -2.14. The zero-order valence-corrected chi connectivity index (χ0v) is 16.2. The molecule has 29 heavy (non-hydrogen) atoms. The predicted octanol–water partition coefficient (Wildman–Crippen LogP) is 2.67. The number of aryl methyl sites for hydroxylation is 2. The van der Waals surface area contributed by atoms with E-state index in [-0.39, 0.29) is 5.91 Å². The normalized spacial score (nSPS) is 18.1. The summed E-state index contributed by atoms with van der Waals surface area (Å²) < 4.78 is 3.69. The largest absolute Gasteiger partial charge is 0.309 e. The lowest BCUT2D eigenvalue weighted by atomic mass is 10.0.